The Balaban J connectivity index is 1.57. The molecule has 1 aliphatic heterocycles. The van der Waals surface area contributed by atoms with Crippen molar-refractivity contribution in [2.45, 2.75) is 26.7 Å². The zero-order valence-electron chi connectivity index (χ0n) is 15.8. The van der Waals surface area contributed by atoms with Crippen LogP contribution in [0.2, 0.25) is 0 Å². The SMILES string of the molecule is COc1c(C)ccc2c(N3CC(C4(CNS(N)(=O)=O)CC4)C3)nc(C)nc12. The summed E-state index contributed by atoms with van der Waals surface area (Å²) in [4.78, 5) is 11.5. The van der Waals surface area contributed by atoms with E-state index in [2.05, 4.69) is 19.6 Å². The number of nitrogens with two attached hydrogens (primary N) is 1. The molecule has 2 heterocycles. The molecule has 3 N–H and O–H groups in total. The molecule has 2 aliphatic rings. The highest BCUT2D eigenvalue weighted by atomic mass is 32.2. The van der Waals surface area contributed by atoms with Crippen LogP contribution in [0.4, 0.5) is 5.82 Å². The summed E-state index contributed by atoms with van der Waals surface area (Å²) in [5, 5.41) is 6.07. The van der Waals surface area contributed by atoms with Crippen LogP contribution < -0.4 is 19.5 Å². The lowest BCUT2D eigenvalue weighted by Gasteiger charge is -2.45. The first-order valence-electron chi connectivity index (χ1n) is 9.07. The molecular weight excluding hydrogens is 366 g/mol. The Hall–Kier alpha value is -1.97. The minimum Gasteiger partial charge on any atom is -0.494 e. The van der Waals surface area contributed by atoms with Gasteiger partial charge in [-0.05, 0) is 43.7 Å². The lowest BCUT2D eigenvalue weighted by atomic mass is 9.82. The third-order valence-electron chi connectivity index (χ3n) is 5.88. The number of benzene rings is 1. The molecule has 0 bridgehead atoms. The monoisotopic (exact) mass is 391 g/mol. The summed E-state index contributed by atoms with van der Waals surface area (Å²) in [5.74, 6) is 2.85. The first kappa shape index (κ1) is 18.4. The number of nitrogens with zero attached hydrogens (tertiary/aromatic N) is 3. The van der Waals surface area contributed by atoms with E-state index in [9.17, 15) is 8.42 Å². The predicted octanol–water partition coefficient (Wildman–Crippen LogP) is 1.26. The van der Waals surface area contributed by atoms with E-state index in [0.29, 0.717) is 18.3 Å². The van der Waals surface area contributed by atoms with E-state index >= 15 is 0 Å². The Morgan fingerprint density at radius 1 is 1.30 bits per heavy atom. The lowest BCUT2D eigenvalue weighted by Crippen LogP contribution is -2.54. The highest BCUT2D eigenvalue weighted by molar-refractivity contribution is 7.87. The van der Waals surface area contributed by atoms with Crippen LogP contribution in [0.1, 0.15) is 24.2 Å². The van der Waals surface area contributed by atoms with E-state index < -0.39 is 10.2 Å². The third-order valence-corrected chi connectivity index (χ3v) is 6.43. The van der Waals surface area contributed by atoms with E-state index in [1.807, 2.05) is 26.0 Å². The van der Waals surface area contributed by atoms with Crippen LogP contribution in [0.5, 0.6) is 5.75 Å². The van der Waals surface area contributed by atoms with Gasteiger partial charge in [0.2, 0.25) is 0 Å². The molecular formula is C18H25N5O3S. The fraction of sp³-hybridized carbons (Fsp3) is 0.556. The molecule has 1 saturated heterocycles. The smallest absolute Gasteiger partial charge is 0.274 e. The van der Waals surface area contributed by atoms with Crippen LogP contribution in [0.25, 0.3) is 10.9 Å². The van der Waals surface area contributed by atoms with Gasteiger partial charge in [-0.15, -0.1) is 0 Å². The maximum absolute atomic E-state index is 11.2. The summed E-state index contributed by atoms with van der Waals surface area (Å²) < 4.78 is 30.5. The fourth-order valence-corrected chi connectivity index (χ4v) is 4.52. The molecule has 8 nitrogen and oxygen atoms in total. The van der Waals surface area contributed by atoms with Gasteiger partial charge >= 0.3 is 0 Å². The summed E-state index contributed by atoms with van der Waals surface area (Å²) in [6, 6.07) is 4.07. The number of aryl methyl sites for hydroxylation is 2. The molecule has 146 valence electrons. The van der Waals surface area contributed by atoms with E-state index in [1.54, 1.807) is 7.11 Å². The molecule has 1 saturated carbocycles. The second-order valence-electron chi connectivity index (χ2n) is 7.74. The molecule has 27 heavy (non-hydrogen) atoms. The average molecular weight is 391 g/mol. The molecule has 2 fully saturated rings. The van der Waals surface area contributed by atoms with Crippen LogP contribution in [-0.2, 0) is 10.2 Å². The number of anilines is 1. The van der Waals surface area contributed by atoms with Crippen LogP contribution in [-0.4, -0.2) is 45.1 Å². The molecule has 1 aromatic carbocycles. The van der Waals surface area contributed by atoms with Crippen molar-refractivity contribution in [3.8, 4) is 5.75 Å². The molecule has 1 aromatic heterocycles. The van der Waals surface area contributed by atoms with Crippen molar-refractivity contribution in [2.75, 3.05) is 31.6 Å². The molecule has 4 rings (SSSR count). The summed E-state index contributed by atoms with van der Waals surface area (Å²) in [6.45, 7) is 6.02. The number of hydrogen-bond acceptors (Lipinski definition) is 6. The van der Waals surface area contributed by atoms with Crippen LogP contribution >= 0.6 is 0 Å². The Morgan fingerprint density at radius 3 is 2.59 bits per heavy atom. The minimum absolute atomic E-state index is 0.0368. The van der Waals surface area contributed by atoms with E-state index in [0.717, 1.165) is 54.0 Å². The molecule has 0 radical (unpaired) electrons. The zero-order valence-corrected chi connectivity index (χ0v) is 16.6. The number of hydrogen-bond donors (Lipinski definition) is 2. The average Bonchev–Trinajstić information content (AvgIpc) is 3.31. The van der Waals surface area contributed by atoms with Crippen LogP contribution in [0.15, 0.2) is 12.1 Å². The van der Waals surface area contributed by atoms with Crippen LogP contribution in [0.3, 0.4) is 0 Å². The summed E-state index contributed by atoms with van der Waals surface area (Å²) in [7, 11) is -1.98. The lowest BCUT2D eigenvalue weighted by molar-refractivity contribution is 0.249. The normalized spacial score (nSPS) is 19.2. The largest absolute Gasteiger partial charge is 0.494 e. The maximum Gasteiger partial charge on any atom is 0.274 e. The number of aromatic nitrogens is 2. The van der Waals surface area contributed by atoms with Gasteiger partial charge in [-0.25, -0.2) is 19.8 Å². The number of fused-ring (bicyclic) bond motifs is 1. The summed E-state index contributed by atoms with van der Waals surface area (Å²) in [6.07, 6.45) is 2.06. The standard InChI is InChI=1S/C18H25N5O3S/c1-11-4-5-14-15(16(11)26-3)21-12(2)22-17(14)23-8-13(9-23)18(6-7-18)10-20-27(19,24)25/h4-5,13,20H,6-10H2,1-3H3,(H2,19,24,25). The molecule has 0 unspecified atom stereocenters. The second-order valence-corrected chi connectivity index (χ2v) is 9.12. The van der Waals surface area contributed by atoms with Gasteiger partial charge in [0.1, 0.15) is 22.9 Å². The van der Waals surface area contributed by atoms with Gasteiger partial charge in [-0.1, -0.05) is 6.07 Å². The Morgan fingerprint density at radius 2 is 2.00 bits per heavy atom. The molecule has 0 amide bonds. The highest BCUT2D eigenvalue weighted by Crippen LogP contribution is 2.55. The van der Waals surface area contributed by atoms with Crippen molar-refractivity contribution in [3.63, 3.8) is 0 Å². The van der Waals surface area contributed by atoms with Crippen molar-refractivity contribution in [2.24, 2.45) is 16.5 Å². The second kappa shape index (κ2) is 6.29. The quantitative estimate of drug-likeness (QED) is 0.767. The summed E-state index contributed by atoms with van der Waals surface area (Å²) >= 11 is 0. The van der Waals surface area contributed by atoms with Gasteiger partial charge in [-0.3, -0.25) is 0 Å². The molecule has 2 aromatic rings. The fourth-order valence-electron chi connectivity index (χ4n) is 4.04. The van der Waals surface area contributed by atoms with E-state index in [4.69, 9.17) is 9.88 Å². The first-order valence-corrected chi connectivity index (χ1v) is 10.6. The van der Waals surface area contributed by atoms with E-state index in [1.165, 1.54) is 0 Å². The number of methoxy groups -OCH3 is 1. The van der Waals surface area contributed by atoms with Gasteiger partial charge in [0.15, 0.2) is 0 Å². The Bertz CT molecular complexity index is 998. The third kappa shape index (κ3) is 3.35. The number of rotatable bonds is 6. The van der Waals surface area contributed by atoms with Gasteiger partial charge < -0.3 is 9.64 Å². The molecule has 0 atom stereocenters. The molecule has 9 heteroatoms. The highest BCUT2D eigenvalue weighted by Gasteiger charge is 2.53. The van der Waals surface area contributed by atoms with Crippen molar-refractivity contribution >= 4 is 26.9 Å². The Kier molecular flexibility index (Phi) is 4.28. The maximum atomic E-state index is 11.2. The number of ether oxygens (including phenoxy) is 1. The van der Waals surface area contributed by atoms with Gasteiger partial charge in [0, 0.05) is 30.9 Å². The van der Waals surface area contributed by atoms with Crippen molar-refractivity contribution in [3.05, 3.63) is 23.5 Å². The van der Waals surface area contributed by atoms with Gasteiger partial charge in [-0.2, -0.15) is 8.42 Å². The molecule has 1 aliphatic carbocycles. The minimum atomic E-state index is -3.64. The molecule has 0 spiro atoms. The zero-order chi connectivity index (χ0) is 19.4. The number of nitrogens with one attached hydrogen (secondary N) is 1. The van der Waals surface area contributed by atoms with Crippen LogP contribution in [0, 0.1) is 25.2 Å². The Labute approximate surface area is 159 Å². The van der Waals surface area contributed by atoms with Crippen molar-refractivity contribution < 1.29 is 13.2 Å². The predicted molar refractivity (Wildman–Crippen MR) is 104 cm³/mol. The van der Waals surface area contributed by atoms with E-state index in [-0.39, 0.29) is 5.41 Å². The summed E-state index contributed by atoms with van der Waals surface area (Å²) in [5.41, 5.74) is 1.91. The van der Waals surface area contributed by atoms with Crippen molar-refractivity contribution in [1.29, 1.82) is 0 Å². The first-order chi connectivity index (χ1) is 12.7. The topological polar surface area (TPSA) is 110 Å². The van der Waals surface area contributed by atoms with Crippen molar-refractivity contribution in [1.82, 2.24) is 14.7 Å². The van der Waals surface area contributed by atoms with Gasteiger partial charge in [0.05, 0.1) is 7.11 Å². The van der Waals surface area contributed by atoms with Gasteiger partial charge in [0.25, 0.3) is 10.2 Å².